The number of carbonyl (C=O) groups is 2. The van der Waals surface area contributed by atoms with Gasteiger partial charge in [-0.2, -0.15) is 0 Å². The number of carbonyl (C=O) groups excluding carboxylic acids is 2. The highest BCUT2D eigenvalue weighted by atomic mass is 16.2. The van der Waals surface area contributed by atoms with Gasteiger partial charge in [0.1, 0.15) is 0 Å². The Kier molecular flexibility index (Phi) is 6.74. The molecule has 5 heteroatoms. The smallest absolute Gasteiger partial charge is 0.261 e. The summed E-state index contributed by atoms with van der Waals surface area (Å²) >= 11 is 0. The summed E-state index contributed by atoms with van der Waals surface area (Å²) < 4.78 is 0. The van der Waals surface area contributed by atoms with E-state index in [1.807, 2.05) is 36.4 Å². The summed E-state index contributed by atoms with van der Waals surface area (Å²) in [5.74, 6) is -0.504. The molecule has 0 N–H and O–H groups in total. The van der Waals surface area contributed by atoms with Crippen LogP contribution in [-0.4, -0.2) is 40.7 Å². The van der Waals surface area contributed by atoms with E-state index < -0.39 is 0 Å². The van der Waals surface area contributed by atoms with Crippen molar-refractivity contribution in [2.45, 2.75) is 25.6 Å². The van der Waals surface area contributed by atoms with Crippen molar-refractivity contribution in [1.29, 1.82) is 0 Å². The molecule has 2 amide bonds. The van der Waals surface area contributed by atoms with Crippen molar-refractivity contribution in [3.63, 3.8) is 0 Å². The zero-order valence-corrected chi connectivity index (χ0v) is 17.9. The van der Waals surface area contributed by atoms with Crippen LogP contribution in [0.5, 0.6) is 0 Å². The van der Waals surface area contributed by atoms with E-state index in [1.54, 1.807) is 24.3 Å². The van der Waals surface area contributed by atoms with Crippen molar-refractivity contribution in [2.75, 3.05) is 13.1 Å². The van der Waals surface area contributed by atoms with Gasteiger partial charge in [-0.25, -0.2) is 6.57 Å². The SMILES string of the molecule is [C-]#[N+]CC[C@H](CN1C(=O)c2ccccc2C1=O)N(Cc1ccccc1)Cc1ccccc1. The lowest BCUT2D eigenvalue weighted by Gasteiger charge is -2.33. The summed E-state index contributed by atoms with van der Waals surface area (Å²) in [5.41, 5.74) is 3.22. The van der Waals surface area contributed by atoms with Crippen LogP contribution in [0.1, 0.15) is 38.3 Å². The molecule has 0 bridgehead atoms. The maximum absolute atomic E-state index is 13.0. The maximum atomic E-state index is 13.0. The fourth-order valence-corrected chi connectivity index (χ4v) is 4.17. The summed E-state index contributed by atoms with van der Waals surface area (Å²) in [5, 5.41) is 0. The predicted molar refractivity (Wildman–Crippen MR) is 124 cm³/mol. The molecule has 1 heterocycles. The lowest BCUT2D eigenvalue weighted by Crippen LogP contribution is -2.45. The van der Waals surface area contributed by atoms with Crippen molar-refractivity contribution >= 4 is 11.8 Å². The summed E-state index contributed by atoms with van der Waals surface area (Å²) in [7, 11) is 0. The molecule has 3 aromatic rings. The van der Waals surface area contributed by atoms with Gasteiger partial charge in [0.25, 0.3) is 11.8 Å². The quantitative estimate of drug-likeness (QED) is 0.371. The minimum absolute atomic E-state index is 0.133. The number of fused-ring (bicyclic) bond motifs is 1. The summed E-state index contributed by atoms with van der Waals surface area (Å²) in [6.45, 7) is 9.25. The van der Waals surface area contributed by atoms with E-state index in [-0.39, 0.29) is 24.4 Å². The van der Waals surface area contributed by atoms with Gasteiger partial charge in [-0.05, 0) is 23.3 Å². The van der Waals surface area contributed by atoms with Crippen LogP contribution in [0.2, 0.25) is 0 Å². The van der Waals surface area contributed by atoms with Crippen molar-refractivity contribution < 1.29 is 9.59 Å². The van der Waals surface area contributed by atoms with Gasteiger partial charge in [0.2, 0.25) is 6.54 Å². The van der Waals surface area contributed by atoms with Gasteiger partial charge < -0.3 is 4.85 Å². The molecule has 0 aliphatic carbocycles. The van der Waals surface area contributed by atoms with E-state index in [0.717, 1.165) is 11.1 Å². The first-order valence-corrected chi connectivity index (χ1v) is 10.8. The third kappa shape index (κ3) is 4.77. The van der Waals surface area contributed by atoms with E-state index in [4.69, 9.17) is 6.57 Å². The van der Waals surface area contributed by atoms with Gasteiger partial charge in [-0.3, -0.25) is 19.4 Å². The molecule has 1 aliphatic rings. The van der Waals surface area contributed by atoms with Crippen molar-refractivity contribution in [3.05, 3.63) is 119 Å². The molecule has 4 rings (SSSR count). The number of nitrogens with zero attached hydrogens (tertiary/aromatic N) is 3. The highest BCUT2D eigenvalue weighted by molar-refractivity contribution is 6.21. The summed E-state index contributed by atoms with van der Waals surface area (Å²) in [6.07, 6.45) is 0.580. The van der Waals surface area contributed by atoms with Crippen LogP contribution >= 0.6 is 0 Å². The Bertz CT molecular complexity index is 1050. The molecule has 1 atom stereocenters. The Morgan fingerprint density at radius 2 is 1.22 bits per heavy atom. The Hall–Kier alpha value is -3.75. The molecule has 160 valence electrons. The maximum Gasteiger partial charge on any atom is 0.261 e. The number of hydrogen-bond acceptors (Lipinski definition) is 3. The first-order valence-electron chi connectivity index (χ1n) is 10.8. The molecule has 32 heavy (non-hydrogen) atoms. The van der Waals surface area contributed by atoms with Gasteiger partial charge in [-0.15, -0.1) is 0 Å². The zero-order chi connectivity index (χ0) is 22.3. The molecule has 0 radical (unpaired) electrons. The van der Waals surface area contributed by atoms with Gasteiger partial charge >= 0.3 is 0 Å². The molecular weight excluding hydrogens is 398 g/mol. The van der Waals surface area contributed by atoms with E-state index in [2.05, 4.69) is 34.0 Å². The first-order chi connectivity index (χ1) is 15.7. The van der Waals surface area contributed by atoms with Gasteiger partial charge in [0.15, 0.2) is 0 Å². The molecule has 1 aliphatic heterocycles. The van der Waals surface area contributed by atoms with Crippen LogP contribution in [0.4, 0.5) is 0 Å². The molecule has 0 fully saturated rings. The first kappa shape index (κ1) is 21.5. The number of amides is 2. The topological polar surface area (TPSA) is 45.0 Å². The van der Waals surface area contributed by atoms with Crippen molar-refractivity contribution in [3.8, 4) is 0 Å². The van der Waals surface area contributed by atoms with E-state index >= 15 is 0 Å². The highest BCUT2D eigenvalue weighted by Gasteiger charge is 2.37. The Morgan fingerprint density at radius 3 is 1.69 bits per heavy atom. The number of imide groups is 1. The second-order valence-electron chi connectivity index (χ2n) is 7.97. The van der Waals surface area contributed by atoms with Crippen LogP contribution in [0, 0.1) is 6.57 Å². The molecule has 5 nitrogen and oxygen atoms in total. The normalized spacial score (nSPS) is 13.8. The molecular formula is C27H25N3O2. The number of hydrogen-bond donors (Lipinski definition) is 0. The third-order valence-corrected chi connectivity index (χ3v) is 5.82. The van der Waals surface area contributed by atoms with Crippen LogP contribution in [0.3, 0.4) is 0 Å². The minimum Gasteiger partial charge on any atom is -0.317 e. The number of benzene rings is 3. The molecule has 0 spiro atoms. The average molecular weight is 424 g/mol. The van der Waals surface area contributed by atoms with E-state index in [1.165, 1.54) is 4.90 Å². The predicted octanol–water partition coefficient (Wildman–Crippen LogP) is 4.66. The molecule has 0 unspecified atom stereocenters. The number of rotatable bonds is 9. The van der Waals surface area contributed by atoms with Crippen LogP contribution in [0.15, 0.2) is 84.9 Å². The lowest BCUT2D eigenvalue weighted by molar-refractivity contribution is 0.0571. The fraction of sp³-hybridized carbons (Fsp3) is 0.222. The van der Waals surface area contributed by atoms with Crippen LogP contribution in [0.25, 0.3) is 4.85 Å². The third-order valence-electron chi connectivity index (χ3n) is 5.82. The van der Waals surface area contributed by atoms with Gasteiger partial charge in [0, 0.05) is 32.1 Å². The van der Waals surface area contributed by atoms with E-state index in [9.17, 15) is 9.59 Å². The second kappa shape index (κ2) is 10.0. The molecule has 0 aromatic heterocycles. The Morgan fingerprint density at radius 1 is 0.750 bits per heavy atom. The fourth-order valence-electron chi connectivity index (χ4n) is 4.17. The molecule has 0 saturated heterocycles. The lowest BCUT2D eigenvalue weighted by atomic mass is 10.1. The van der Waals surface area contributed by atoms with Gasteiger partial charge in [-0.1, -0.05) is 72.8 Å². The minimum atomic E-state index is -0.252. The van der Waals surface area contributed by atoms with E-state index in [0.29, 0.717) is 37.2 Å². The Balaban J connectivity index is 1.62. The zero-order valence-electron chi connectivity index (χ0n) is 17.9. The van der Waals surface area contributed by atoms with Crippen LogP contribution < -0.4 is 0 Å². The van der Waals surface area contributed by atoms with Crippen LogP contribution in [-0.2, 0) is 13.1 Å². The molecule has 0 saturated carbocycles. The largest absolute Gasteiger partial charge is 0.317 e. The summed E-state index contributed by atoms with van der Waals surface area (Å²) in [6, 6.07) is 27.1. The Labute approximate surface area is 188 Å². The van der Waals surface area contributed by atoms with Crippen molar-refractivity contribution in [2.24, 2.45) is 0 Å². The molecule has 3 aromatic carbocycles. The van der Waals surface area contributed by atoms with Gasteiger partial charge in [0.05, 0.1) is 11.1 Å². The highest BCUT2D eigenvalue weighted by Crippen LogP contribution is 2.25. The monoisotopic (exact) mass is 423 g/mol. The second-order valence-corrected chi connectivity index (χ2v) is 7.97. The van der Waals surface area contributed by atoms with Crippen molar-refractivity contribution in [1.82, 2.24) is 9.80 Å². The summed E-state index contributed by atoms with van der Waals surface area (Å²) in [4.78, 5) is 33.1. The standard InChI is InChI=1S/C27H25N3O2/c1-28-17-16-23(20-30-26(31)24-14-8-9-15-25(24)27(30)32)29(18-21-10-4-2-5-11-21)19-22-12-6-3-7-13-22/h2-15,23H,16-20H2/t23-/m1/s1. The average Bonchev–Trinajstić information content (AvgIpc) is 3.07.